The maximum atomic E-state index is 12.7. The lowest BCUT2D eigenvalue weighted by Gasteiger charge is -2.27. The van der Waals surface area contributed by atoms with Gasteiger partial charge in [0.15, 0.2) is 0 Å². The first-order chi connectivity index (χ1) is 7.58. The smallest absolute Gasteiger partial charge is 0.272 e. The van der Waals surface area contributed by atoms with E-state index in [0.717, 1.165) is 38.8 Å². The molecule has 1 aliphatic heterocycles. The van der Waals surface area contributed by atoms with Crippen molar-refractivity contribution in [2.75, 3.05) is 25.9 Å². The quantitative estimate of drug-likeness (QED) is 0.655. The van der Waals surface area contributed by atoms with E-state index >= 15 is 0 Å². The van der Waals surface area contributed by atoms with Crippen LogP contribution in [0.2, 0.25) is 0 Å². The third-order valence-corrected chi connectivity index (χ3v) is 5.52. The minimum atomic E-state index is -2.65. The number of rotatable bonds is 7. The molecule has 16 heavy (non-hydrogen) atoms. The van der Waals surface area contributed by atoms with Gasteiger partial charge in [-0.3, -0.25) is 4.57 Å². The predicted octanol–water partition coefficient (Wildman–Crippen LogP) is 3.84. The van der Waals surface area contributed by atoms with E-state index in [9.17, 15) is 4.57 Å². The molecule has 0 amide bonds. The van der Waals surface area contributed by atoms with Crippen molar-refractivity contribution in [3.63, 3.8) is 0 Å². The van der Waals surface area contributed by atoms with Crippen LogP contribution in [0.1, 0.15) is 32.6 Å². The van der Waals surface area contributed by atoms with Crippen molar-refractivity contribution in [2.45, 2.75) is 32.6 Å². The van der Waals surface area contributed by atoms with E-state index in [1.807, 2.05) is 4.67 Å². The van der Waals surface area contributed by atoms with Crippen LogP contribution in [0.15, 0.2) is 11.6 Å². The summed E-state index contributed by atoms with van der Waals surface area (Å²) in [6.07, 6.45) is 4.82. The molecule has 1 atom stereocenters. The monoisotopic (exact) mass is 265 g/mol. The number of halogens is 1. The highest BCUT2D eigenvalue weighted by Gasteiger charge is 2.33. The fourth-order valence-corrected chi connectivity index (χ4v) is 4.49. The molecule has 1 fully saturated rings. The molecule has 0 bridgehead atoms. The van der Waals surface area contributed by atoms with E-state index < -0.39 is 7.52 Å². The van der Waals surface area contributed by atoms with Crippen molar-refractivity contribution in [1.82, 2.24) is 4.67 Å². The Morgan fingerprint density at radius 2 is 2.12 bits per heavy atom. The molecule has 94 valence electrons. The molecule has 0 N–H and O–H groups in total. The van der Waals surface area contributed by atoms with Gasteiger partial charge in [-0.2, -0.15) is 0 Å². The maximum absolute atomic E-state index is 12.7. The Bertz CT molecular complexity index is 277. The number of unbranched alkanes of at least 4 members (excludes halogenated alkanes) is 1. The van der Waals surface area contributed by atoms with Gasteiger partial charge in [-0.15, -0.1) is 0 Å². The molecule has 0 saturated carbocycles. The molecule has 1 saturated heterocycles. The molecule has 1 unspecified atom stereocenters. The number of nitrogens with zero attached hydrogens (tertiary/aromatic N) is 1. The molecule has 3 nitrogen and oxygen atoms in total. The second-order valence-electron chi connectivity index (χ2n) is 4.17. The van der Waals surface area contributed by atoms with Gasteiger partial charge in [-0.1, -0.05) is 31.5 Å². The standard InChI is InChI=1S/C11H21ClNO2P/c1-3-4-9-16(14,15-10-11(2)12)13-7-5-6-8-13/h2-10H2,1H3. The van der Waals surface area contributed by atoms with Crippen LogP contribution in [0.25, 0.3) is 0 Å². The fourth-order valence-electron chi connectivity index (χ4n) is 1.82. The van der Waals surface area contributed by atoms with Gasteiger partial charge >= 0.3 is 0 Å². The van der Waals surface area contributed by atoms with Gasteiger partial charge in [0.05, 0.1) is 6.61 Å². The highest BCUT2D eigenvalue weighted by Crippen LogP contribution is 2.53. The summed E-state index contributed by atoms with van der Waals surface area (Å²) in [4.78, 5) is 0. The van der Waals surface area contributed by atoms with Crippen molar-refractivity contribution >= 4 is 19.1 Å². The maximum Gasteiger partial charge on any atom is 0.272 e. The molecule has 0 aromatic heterocycles. The average Bonchev–Trinajstić information content (AvgIpc) is 2.77. The molecule has 1 aliphatic rings. The van der Waals surface area contributed by atoms with E-state index in [-0.39, 0.29) is 6.61 Å². The predicted molar refractivity (Wildman–Crippen MR) is 69.1 cm³/mol. The summed E-state index contributed by atoms with van der Waals surface area (Å²) in [5.74, 6) is 0. The molecular formula is C11H21ClNO2P. The van der Waals surface area contributed by atoms with Crippen molar-refractivity contribution in [2.24, 2.45) is 0 Å². The summed E-state index contributed by atoms with van der Waals surface area (Å²) >= 11 is 5.67. The lowest BCUT2D eigenvalue weighted by Crippen LogP contribution is -2.20. The first kappa shape index (κ1) is 14.2. The zero-order valence-corrected chi connectivity index (χ0v) is 11.6. The van der Waals surface area contributed by atoms with Gasteiger partial charge in [0.1, 0.15) is 0 Å². The van der Waals surface area contributed by atoms with Crippen LogP contribution in [0.4, 0.5) is 0 Å². The topological polar surface area (TPSA) is 29.5 Å². The summed E-state index contributed by atoms with van der Waals surface area (Å²) in [6.45, 7) is 7.62. The Morgan fingerprint density at radius 1 is 1.50 bits per heavy atom. The van der Waals surface area contributed by atoms with E-state index in [2.05, 4.69) is 13.5 Å². The summed E-state index contributed by atoms with van der Waals surface area (Å²) < 4.78 is 20.2. The Labute approximate surface area is 103 Å². The van der Waals surface area contributed by atoms with Crippen LogP contribution in [-0.2, 0) is 9.09 Å². The number of hydrogen-bond acceptors (Lipinski definition) is 2. The van der Waals surface area contributed by atoms with Crippen molar-refractivity contribution < 1.29 is 9.09 Å². The summed E-state index contributed by atoms with van der Waals surface area (Å²) in [6, 6.07) is 0. The fraction of sp³-hybridized carbons (Fsp3) is 0.818. The molecule has 1 rings (SSSR count). The Kier molecular flexibility index (Phi) is 6.06. The van der Waals surface area contributed by atoms with Gasteiger partial charge in [0.2, 0.25) is 0 Å². The highest BCUT2D eigenvalue weighted by molar-refractivity contribution is 7.56. The van der Waals surface area contributed by atoms with Crippen LogP contribution in [0, 0.1) is 0 Å². The Hall–Kier alpha value is 0.180. The molecule has 5 heteroatoms. The van der Waals surface area contributed by atoms with Gasteiger partial charge in [-0.05, 0) is 19.3 Å². The normalized spacial score (nSPS) is 20.9. The van der Waals surface area contributed by atoms with E-state index in [1.54, 1.807) is 0 Å². The van der Waals surface area contributed by atoms with Crippen LogP contribution in [0.5, 0.6) is 0 Å². The molecule has 0 spiro atoms. The third kappa shape index (κ3) is 4.21. The molecule has 0 aromatic carbocycles. The van der Waals surface area contributed by atoms with Gasteiger partial charge in [0.25, 0.3) is 7.52 Å². The lowest BCUT2D eigenvalue weighted by molar-refractivity contribution is 0.297. The summed E-state index contributed by atoms with van der Waals surface area (Å²) in [5.41, 5.74) is 0. The van der Waals surface area contributed by atoms with Crippen LogP contribution >= 0.6 is 19.1 Å². The molecule has 0 radical (unpaired) electrons. The largest absolute Gasteiger partial charge is 0.312 e. The van der Waals surface area contributed by atoms with Gasteiger partial charge < -0.3 is 4.52 Å². The average molecular weight is 266 g/mol. The first-order valence-electron chi connectivity index (χ1n) is 5.91. The van der Waals surface area contributed by atoms with Crippen molar-refractivity contribution in [3.8, 4) is 0 Å². The second-order valence-corrected chi connectivity index (χ2v) is 7.25. The van der Waals surface area contributed by atoms with E-state index in [1.165, 1.54) is 0 Å². The molecular weight excluding hydrogens is 245 g/mol. The summed E-state index contributed by atoms with van der Waals surface area (Å²) in [7, 11) is -2.65. The molecule has 0 aliphatic carbocycles. The minimum Gasteiger partial charge on any atom is -0.312 e. The Morgan fingerprint density at radius 3 is 2.62 bits per heavy atom. The number of hydrogen-bond donors (Lipinski definition) is 0. The minimum absolute atomic E-state index is 0.193. The van der Waals surface area contributed by atoms with Crippen LogP contribution < -0.4 is 0 Å². The zero-order valence-electron chi connectivity index (χ0n) is 9.95. The van der Waals surface area contributed by atoms with E-state index in [0.29, 0.717) is 11.2 Å². The highest BCUT2D eigenvalue weighted by atomic mass is 35.5. The van der Waals surface area contributed by atoms with Crippen LogP contribution in [-0.4, -0.2) is 30.5 Å². The molecule has 0 aromatic rings. The zero-order chi connectivity index (χ0) is 12.0. The van der Waals surface area contributed by atoms with Crippen LogP contribution in [0.3, 0.4) is 0 Å². The summed E-state index contributed by atoms with van der Waals surface area (Å²) in [5, 5.41) is 0.413. The first-order valence-corrected chi connectivity index (χ1v) is 8.05. The SMILES string of the molecule is C=C(Cl)COP(=O)(CCCC)N1CCCC1. The van der Waals surface area contributed by atoms with Crippen molar-refractivity contribution in [1.29, 1.82) is 0 Å². The second kappa shape index (κ2) is 6.80. The Balaban J connectivity index is 2.58. The van der Waals surface area contributed by atoms with Gasteiger partial charge in [0, 0.05) is 24.3 Å². The third-order valence-electron chi connectivity index (χ3n) is 2.73. The molecule has 1 heterocycles. The lowest BCUT2D eigenvalue weighted by atomic mass is 10.4. The van der Waals surface area contributed by atoms with E-state index in [4.69, 9.17) is 16.1 Å². The van der Waals surface area contributed by atoms with Crippen molar-refractivity contribution in [3.05, 3.63) is 11.6 Å². The van der Waals surface area contributed by atoms with Gasteiger partial charge in [-0.25, -0.2) is 4.67 Å².